The first-order valence-corrected chi connectivity index (χ1v) is 8.07. The Morgan fingerprint density at radius 3 is 2.56 bits per heavy atom. The lowest BCUT2D eigenvalue weighted by Crippen LogP contribution is -1.88. The number of pyridine rings is 1. The molecule has 2 heterocycles. The van der Waals surface area contributed by atoms with Crippen LogP contribution in [-0.2, 0) is 0 Å². The molecule has 0 radical (unpaired) electrons. The molecule has 4 rings (SSSR count). The molecule has 2 heteroatoms. The van der Waals surface area contributed by atoms with Crippen molar-refractivity contribution in [3.63, 3.8) is 0 Å². The molecule has 0 aliphatic carbocycles. The smallest absolute Gasteiger partial charge is 0.134 e. The average Bonchev–Trinajstić information content (AvgIpc) is 2.99. The second-order valence-electron chi connectivity index (χ2n) is 6.19. The van der Waals surface area contributed by atoms with Crippen molar-refractivity contribution >= 4 is 11.0 Å². The number of hydrogen-bond donors (Lipinski definition) is 0. The number of rotatable bonds is 2. The van der Waals surface area contributed by atoms with Crippen LogP contribution in [0.2, 0.25) is 0 Å². The molecule has 0 N–H and O–H groups in total. The van der Waals surface area contributed by atoms with Crippen molar-refractivity contribution in [2.45, 2.75) is 27.6 Å². The second-order valence-corrected chi connectivity index (χ2v) is 6.19. The number of fused-ring (bicyclic) bond motifs is 1. The molecule has 0 spiro atoms. The summed E-state index contributed by atoms with van der Waals surface area (Å²) in [5, 5.41) is 0.942. The van der Waals surface area contributed by atoms with Gasteiger partial charge in [-0.25, -0.2) is 0 Å². The Morgan fingerprint density at radius 1 is 0.920 bits per heavy atom. The molecular formula is C23H21NO. The van der Waals surface area contributed by atoms with Crippen LogP contribution in [-0.4, -0.2) is 4.98 Å². The van der Waals surface area contributed by atoms with Crippen molar-refractivity contribution in [2.24, 2.45) is 0 Å². The van der Waals surface area contributed by atoms with E-state index in [2.05, 4.69) is 4.98 Å². The molecule has 0 unspecified atom stereocenters. The lowest BCUT2D eigenvalue weighted by Gasteiger charge is -2.10. The average molecular weight is 333 g/mol. The van der Waals surface area contributed by atoms with Crippen LogP contribution in [0.25, 0.3) is 33.4 Å². The summed E-state index contributed by atoms with van der Waals surface area (Å²) >= 11 is 0. The minimum Gasteiger partial charge on any atom is -0.461 e. The van der Waals surface area contributed by atoms with Crippen LogP contribution in [0, 0.1) is 27.6 Å². The van der Waals surface area contributed by atoms with Crippen LogP contribution >= 0.6 is 0 Å². The van der Waals surface area contributed by atoms with Gasteiger partial charge < -0.3 is 4.42 Å². The summed E-state index contributed by atoms with van der Waals surface area (Å²) in [5.41, 5.74) is 4.81. The second kappa shape index (κ2) is 5.89. The lowest BCUT2D eigenvalue weighted by molar-refractivity contribution is 0.575. The lowest BCUT2D eigenvalue weighted by atomic mass is 9.95. The molecule has 0 bridgehead atoms. The van der Waals surface area contributed by atoms with Crippen LogP contribution in [0.15, 0.2) is 59.1 Å². The van der Waals surface area contributed by atoms with Crippen molar-refractivity contribution < 1.29 is 12.6 Å². The maximum Gasteiger partial charge on any atom is 0.134 e. The minimum absolute atomic E-state index is 0.159. The van der Waals surface area contributed by atoms with Gasteiger partial charge in [-0.1, -0.05) is 24.3 Å². The molecule has 0 atom stereocenters. The molecule has 4 aromatic rings. The monoisotopic (exact) mass is 333 g/mol. The van der Waals surface area contributed by atoms with Crippen molar-refractivity contribution in [1.82, 2.24) is 4.98 Å². The zero-order chi connectivity index (χ0) is 22.6. The summed E-state index contributed by atoms with van der Waals surface area (Å²) in [6, 6.07) is 13.9. The largest absolute Gasteiger partial charge is 0.461 e. The van der Waals surface area contributed by atoms with Gasteiger partial charge in [-0.3, -0.25) is 4.98 Å². The third-order valence-electron chi connectivity index (χ3n) is 4.56. The fourth-order valence-electron chi connectivity index (χ4n) is 3.02. The van der Waals surface area contributed by atoms with E-state index >= 15 is 0 Å². The predicted molar refractivity (Wildman–Crippen MR) is 104 cm³/mol. The van der Waals surface area contributed by atoms with Crippen molar-refractivity contribution in [3.05, 3.63) is 77.2 Å². The maximum atomic E-state index is 7.98. The van der Waals surface area contributed by atoms with Gasteiger partial charge in [-0.2, -0.15) is 0 Å². The number of nitrogens with zero attached hydrogens (tertiary/aromatic N) is 1. The number of furan rings is 1. The fourth-order valence-corrected chi connectivity index (χ4v) is 3.02. The Kier molecular flexibility index (Phi) is 2.40. The molecule has 124 valence electrons. The summed E-state index contributed by atoms with van der Waals surface area (Å²) < 4.78 is 52.2. The molecule has 2 aromatic carbocycles. The molecule has 0 saturated carbocycles. The Bertz CT molecular complexity index is 1270. The number of benzene rings is 2. The van der Waals surface area contributed by atoms with Gasteiger partial charge in [0.15, 0.2) is 0 Å². The summed E-state index contributed by atoms with van der Waals surface area (Å²) in [6.07, 6.45) is 1.34. The zero-order valence-corrected chi connectivity index (χ0v) is 14.1. The van der Waals surface area contributed by atoms with Crippen LogP contribution in [0.5, 0.6) is 0 Å². The van der Waals surface area contributed by atoms with Gasteiger partial charge >= 0.3 is 0 Å². The van der Waals surface area contributed by atoms with Gasteiger partial charge in [-0.05, 0) is 79.6 Å². The third kappa shape index (κ3) is 2.74. The highest BCUT2D eigenvalue weighted by atomic mass is 16.3. The van der Waals surface area contributed by atoms with Crippen molar-refractivity contribution in [2.75, 3.05) is 0 Å². The van der Waals surface area contributed by atoms with E-state index in [0.717, 1.165) is 27.9 Å². The molecule has 0 aliphatic heterocycles. The third-order valence-corrected chi connectivity index (χ3v) is 4.56. The number of aryl methyl sites for hydroxylation is 4. The van der Waals surface area contributed by atoms with Crippen LogP contribution in [0.1, 0.15) is 30.7 Å². The summed E-state index contributed by atoms with van der Waals surface area (Å²) in [7, 11) is 0. The fraction of sp³-hybridized carbons (Fsp3) is 0.174. The van der Waals surface area contributed by atoms with Crippen molar-refractivity contribution in [3.8, 4) is 22.4 Å². The van der Waals surface area contributed by atoms with Gasteiger partial charge in [0.2, 0.25) is 0 Å². The molecule has 0 fully saturated rings. The van der Waals surface area contributed by atoms with Gasteiger partial charge in [0.1, 0.15) is 11.3 Å². The van der Waals surface area contributed by atoms with Crippen LogP contribution < -0.4 is 0 Å². The van der Waals surface area contributed by atoms with Crippen LogP contribution in [0.3, 0.4) is 0 Å². The minimum atomic E-state index is -2.29. The molecule has 0 amide bonds. The zero-order valence-electron chi connectivity index (χ0n) is 20.1. The van der Waals surface area contributed by atoms with Crippen LogP contribution in [0.4, 0.5) is 0 Å². The normalized spacial score (nSPS) is 15.8. The first-order valence-electron chi connectivity index (χ1n) is 11.1. The Labute approximate surface area is 156 Å². The van der Waals surface area contributed by atoms with Crippen molar-refractivity contribution in [1.29, 1.82) is 0 Å². The number of aromatic nitrogens is 1. The van der Waals surface area contributed by atoms with E-state index in [1.54, 1.807) is 24.3 Å². The van der Waals surface area contributed by atoms with E-state index in [9.17, 15) is 0 Å². The molecule has 0 saturated heterocycles. The van der Waals surface area contributed by atoms with E-state index in [0.29, 0.717) is 16.8 Å². The topological polar surface area (TPSA) is 26.0 Å². The maximum absolute atomic E-state index is 7.98. The highest BCUT2D eigenvalue weighted by Crippen LogP contribution is 2.33. The highest BCUT2D eigenvalue weighted by molar-refractivity contribution is 5.88. The van der Waals surface area contributed by atoms with E-state index in [1.165, 1.54) is 12.3 Å². The Morgan fingerprint density at radius 2 is 1.80 bits per heavy atom. The van der Waals surface area contributed by atoms with E-state index in [-0.39, 0.29) is 11.1 Å². The Balaban J connectivity index is 1.87. The summed E-state index contributed by atoms with van der Waals surface area (Å²) in [4.78, 5) is 4.29. The molecule has 2 aromatic heterocycles. The standard InChI is InChI=1S/C23H21NO/c1-14-5-9-22(24-13-14)19-7-6-15(2)20(12-19)18-8-10-23-21(11-18)16(3)17(4)25-23/h5-13H,1-4H3/i1D3,2D3. The molecule has 0 aliphatic rings. The summed E-state index contributed by atoms with van der Waals surface area (Å²) in [6.45, 7) is -0.638. The quantitative estimate of drug-likeness (QED) is 0.424. The van der Waals surface area contributed by atoms with E-state index in [1.807, 2.05) is 32.0 Å². The SMILES string of the molecule is [2H]C([2H])([2H])c1ccc(-c2ccc(C([2H])([2H])[2H])c(-c3ccc4oc(C)c(C)c4c3)c2)nc1. The van der Waals surface area contributed by atoms with Gasteiger partial charge in [0.25, 0.3) is 0 Å². The molecule has 2 nitrogen and oxygen atoms in total. The van der Waals surface area contributed by atoms with Gasteiger partial charge in [0, 0.05) is 25.4 Å². The van der Waals surface area contributed by atoms with E-state index in [4.69, 9.17) is 12.6 Å². The Hall–Kier alpha value is -2.87. The molecular weight excluding hydrogens is 306 g/mol. The predicted octanol–water partition coefficient (Wildman–Crippen LogP) is 6.40. The number of hydrogen-bond acceptors (Lipinski definition) is 2. The van der Waals surface area contributed by atoms with E-state index < -0.39 is 13.7 Å². The highest BCUT2D eigenvalue weighted by Gasteiger charge is 2.11. The first-order chi connectivity index (χ1) is 14.4. The molecule has 25 heavy (non-hydrogen) atoms. The summed E-state index contributed by atoms with van der Waals surface area (Å²) in [5.74, 6) is 0.829. The van der Waals surface area contributed by atoms with Gasteiger partial charge in [-0.15, -0.1) is 0 Å². The van der Waals surface area contributed by atoms with Gasteiger partial charge in [0.05, 0.1) is 5.69 Å². The first kappa shape index (κ1) is 10.2.